The van der Waals surface area contributed by atoms with E-state index in [1.807, 2.05) is 0 Å². The molecule has 0 aliphatic rings. The summed E-state index contributed by atoms with van der Waals surface area (Å²) in [5.74, 6) is 0.242. The maximum Gasteiger partial charge on any atom is 0.129 e. The Morgan fingerprint density at radius 2 is 2.10 bits per heavy atom. The molecule has 2 heteroatoms. The zero-order valence-electron chi connectivity index (χ0n) is 6.89. The zero-order valence-corrected chi connectivity index (χ0v) is 6.89. The van der Waals surface area contributed by atoms with E-state index < -0.39 is 0 Å². The second kappa shape index (κ2) is 5.42. The fourth-order valence-electron chi connectivity index (χ4n) is 0.904. The van der Waals surface area contributed by atoms with E-state index in [1.54, 1.807) is 6.92 Å². The summed E-state index contributed by atoms with van der Waals surface area (Å²) in [4.78, 5) is 10.5. The molecule has 0 spiro atoms. The Hall–Kier alpha value is -0.370. The molecule has 0 aliphatic carbocycles. The van der Waals surface area contributed by atoms with Crippen molar-refractivity contribution in [3.63, 3.8) is 0 Å². The third kappa shape index (κ3) is 5.76. The van der Waals surface area contributed by atoms with E-state index in [2.05, 4.69) is 6.92 Å². The molecule has 2 nitrogen and oxygen atoms in total. The molecule has 10 heavy (non-hydrogen) atoms. The van der Waals surface area contributed by atoms with Gasteiger partial charge in [0.05, 0.1) is 0 Å². The van der Waals surface area contributed by atoms with Gasteiger partial charge in [0, 0.05) is 12.5 Å². The van der Waals surface area contributed by atoms with Crippen LogP contribution >= 0.6 is 0 Å². The summed E-state index contributed by atoms with van der Waals surface area (Å²) in [7, 11) is 0. The number of rotatable bonds is 5. The van der Waals surface area contributed by atoms with Gasteiger partial charge in [-0.25, -0.2) is 0 Å². The normalized spacial score (nSPS) is 13.1. The maximum atomic E-state index is 10.5. The SMILES string of the molecule is CCCC(N)CCC(C)=O. The van der Waals surface area contributed by atoms with Gasteiger partial charge in [-0.2, -0.15) is 0 Å². The van der Waals surface area contributed by atoms with Crippen molar-refractivity contribution in [3.05, 3.63) is 0 Å². The van der Waals surface area contributed by atoms with E-state index in [0.717, 1.165) is 19.3 Å². The Morgan fingerprint density at radius 1 is 1.50 bits per heavy atom. The molecule has 0 fully saturated rings. The van der Waals surface area contributed by atoms with Crippen molar-refractivity contribution >= 4 is 5.78 Å². The smallest absolute Gasteiger partial charge is 0.129 e. The molecule has 0 bridgehead atoms. The molecule has 0 saturated heterocycles. The highest BCUT2D eigenvalue weighted by Crippen LogP contribution is 2.01. The van der Waals surface area contributed by atoms with Crippen molar-refractivity contribution < 1.29 is 4.79 Å². The molecule has 0 radical (unpaired) electrons. The van der Waals surface area contributed by atoms with Crippen LogP contribution in [0.1, 0.15) is 39.5 Å². The lowest BCUT2D eigenvalue weighted by Crippen LogP contribution is -2.20. The van der Waals surface area contributed by atoms with Crippen LogP contribution in [0, 0.1) is 0 Å². The summed E-state index contributed by atoms with van der Waals surface area (Å²) >= 11 is 0. The number of carbonyl (C=O) groups excluding carboxylic acids is 1. The summed E-state index contributed by atoms with van der Waals surface area (Å²) in [6.45, 7) is 3.71. The molecule has 60 valence electrons. The summed E-state index contributed by atoms with van der Waals surface area (Å²) in [5.41, 5.74) is 5.68. The van der Waals surface area contributed by atoms with E-state index >= 15 is 0 Å². The number of Topliss-reactive ketones (excluding diaryl/α,β-unsaturated/α-hetero) is 1. The highest BCUT2D eigenvalue weighted by atomic mass is 16.1. The van der Waals surface area contributed by atoms with Crippen molar-refractivity contribution in [2.45, 2.75) is 45.6 Å². The zero-order chi connectivity index (χ0) is 7.98. The monoisotopic (exact) mass is 143 g/mol. The largest absolute Gasteiger partial charge is 0.328 e. The molecule has 1 unspecified atom stereocenters. The second-order valence-corrected chi connectivity index (χ2v) is 2.79. The first kappa shape index (κ1) is 9.63. The number of ketones is 1. The van der Waals surface area contributed by atoms with Gasteiger partial charge in [-0.05, 0) is 19.8 Å². The van der Waals surface area contributed by atoms with Gasteiger partial charge in [0.15, 0.2) is 0 Å². The van der Waals surface area contributed by atoms with Crippen LogP contribution in [0.25, 0.3) is 0 Å². The Morgan fingerprint density at radius 3 is 2.50 bits per heavy atom. The van der Waals surface area contributed by atoms with Crippen molar-refractivity contribution in [1.29, 1.82) is 0 Å². The predicted molar refractivity (Wildman–Crippen MR) is 42.8 cm³/mol. The van der Waals surface area contributed by atoms with E-state index in [0.29, 0.717) is 6.42 Å². The molecule has 2 N–H and O–H groups in total. The van der Waals surface area contributed by atoms with Crippen LogP contribution in [0.15, 0.2) is 0 Å². The minimum atomic E-state index is 0.230. The average molecular weight is 143 g/mol. The first-order valence-electron chi connectivity index (χ1n) is 3.91. The lowest BCUT2D eigenvalue weighted by molar-refractivity contribution is -0.117. The number of hydrogen-bond acceptors (Lipinski definition) is 2. The van der Waals surface area contributed by atoms with E-state index in [-0.39, 0.29) is 11.8 Å². The van der Waals surface area contributed by atoms with E-state index in [9.17, 15) is 4.79 Å². The standard InChI is InChI=1S/C8H17NO/c1-3-4-8(9)6-5-7(2)10/h8H,3-6,9H2,1-2H3. The van der Waals surface area contributed by atoms with Crippen LogP contribution in [-0.4, -0.2) is 11.8 Å². The van der Waals surface area contributed by atoms with Gasteiger partial charge in [0.2, 0.25) is 0 Å². The highest BCUT2D eigenvalue weighted by molar-refractivity contribution is 5.75. The molecule has 0 aliphatic heterocycles. The van der Waals surface area contributed by atoms with Gasteiger partial charge in [-0.3, -0.25) is 0 Å². The van der Waals surface area contributed by atoms with Crippen LogP contribution in [-0.2, 0) is 4.79 Å². The first-order valence-corrected chi connectivity index (χ1v) is 3.91. The van der Waals surface area contributed by atoms with Gasteiger partial charge in [-0.1, -0.05) is 13.3 Å². The maximum absolute atomic E-state index is 10.5. The van der Waals surface area contributed by atoms with Crippen molar-refractivity contribution in [3.8, 4) is 0 Å². The van der Waals surface area contributed by atoms with Gasteiger partial charge < -0.3 is 10.5 Å². The Labute approximate surface area is 62.8 Å². The molecule has 0 aromatic carbocycles. The van der Waals surface area contributed by atoms with E-state index in [1.165, 1.54) is 0 Å². The molecule has 0 rings (SSSR count). The topological polar surface area (TPSA) is 43.1 Å². The Balaban J connectivity index is 3.21. The van der Waals surface area contributed by atoms with Crippen LogP contribution < -0.4 is 5.73 Å². The summed E-state index contributed by atoms with van der Waals surface area (Å²) in [6, 6.07) is 0.230. The minimum absolute atomic E-state index is 0.230. The highest BCUT2D eigenvalue weighted by Gasteiger charge is 2.01. The van der Waals surface area contributed by atoms with Crippen LogP contribution in [0.2, 0.25) is 0 Å². The fourth-order valence-corrected chi connectivity index (χ4v) is 0.904. The summed E-state index contributed by atoms with van der Waals surface area (Å²) < 4.78 is 0. The fraction of sp³-hybridized carbons (Fsp3) is 0.875. The lowest BCUT2D eigenvalue weighted by Gasteiger charge is -2.07. The average Bonchev–Trinajstić information content (AvgIpc) is 1.85. The molecular weight excluding hydrogens is 126 g/mol. The van der Waals surface area contributed by atoms with E-state index in [4.69, 9.17) is 5.73 Å². The Bertz CT molecular complexity index is 101. The van der Waals surface area contributed by atoms with Gasteiger partial charge in [0.1, 0.15) is 5.78 Å². The molecule has 0 heterocycles. The number of carbonyl (C=O) groups is 1. The summed E-state index contributed by atoms with van der Waals surface area (Å²) in [5, 5.41) is 0. The second-order valence-electron chi connectivity index (χ2n) is 2.79. The third-order valence-electron chi connectivity index (χ3n) is 1.53. The van der Waals surface area contributed by atoms with Crippen molar-refractivity contribution in [2.24, 2.45) is 5.73 Å². The van der Waals surface area contributed by atoms with Crippen molar-refractivity contribution in [1.82, 2.24) is 0 Å². The molecular formula is C8H17NO. The lowest BCUT2D eigenvalue weighted by atomic mass is 10.1. The van der Waals surface area contributed by atoms with Crippen LogP contribution in [0.4, 0.5) is 0 Å². The molecule has 0 amide bonds. The Kier molecular flexibility index (Phi) is 5.22. The predicted octanol–water partition coefficient (Wildman–Crippen LogP) is 1.48. The number of hydrogen-bond donors (Lipinski definition) is 1. The third-order valence-corrected chi connectivity index (χ3v) is 1.53. The summed E-state index contributed by atoms with van der Waals surface area (Å²) in [6.07, 6.45) is 3.64. The van der Waals surface area contributed by atoms with Crippen LogP contribution in [0.3, 0.4) is 0 Å². The van der Waals surface area contributed by atoms with Gasteiger partial charge >= 0.3 is 0 Å². The first-order chi connectivity index (χ1) is 4.66. The quantitative estimate of drug-likeness (QED) is 0.633. The number of nitrogens with two attached hydrogens (primary N) is 1. The molecule has 0 aromatic rings. The van der Waals surface area contributed by atoms with Crippen molar-refractivity contribution in [2.75, 3.05) is 0 Å². The minimum Gasteiger partial charge on any atom is -0.328 e. The molecule has 0 aromatic heterocycles. The van der Waals surface area contributed by atoms with Gasteiger partial charge in [-0.15, -0.1) is 0 Å². The molecule has 1 atom stereocenters. The van der Waals surface area contributed by atoms with Gasteiger partial charge in [0.25, 0.3) is 0 Å². The van der Waals surface area contributed by atoms with Crippen LogP contribution in [0.5, 0.6) is 0 Å². The molecule has 0 saturated carbocycles.